The third-order valence-electron chi connectivity index (χ3n) is 4.20. The van der Waals surface area contributed by atoms with E-state index in [0.29, 0.717) is 5.92 Å². The SMILES string of the molecule is COCCC1CCN(C(=O)CN(C)C(=O)c2cnccn2)CC1. The molecule has 0 atom stereocenters. The average molecular weight is 320 g/mol. The molecule has 0 N–H and O–H groups in total. The summed E-state index contributed by atoms with van der Waals surface area (Å²) in [6.07, 6.45) is 7.42. The summed E-state index contributed by atoms with van der Waals surface area (Å²) in [5, 5.41) is 0. The number of carbonyl (C=O) groups excluding carboxylic acids is 2. The number of ether oxygens (including phenoxy) is 1. The number of likely N-dealkylation sites (N-methyl/N-ethyl adjacent to an activating group) is 1. The van der Waals surface area contributed by atoms with Crippen molar-refractivity contribution < 1.29 is 14.3 Å². The molecule has 7 nitrogen and oxygen atoms in total. The van der Waals surface area contributed by atoms with E-state index in [9.17, 15) is 9.59 Å². The molecule has 1 aromatic heterocycles. The van der Waals surface area contributed by atoms with E-state index in [1.54, 1.807) is 14.2 Å². The summed E-state index contributed by atoms with van der Waals surface area (Å²) in [7, 11) is 3.32. The van der Waals surface area contributed by atoms with Crippen LogP contribution in [-0.4, -0.2) is 72.0 Å². The minimum atomic E-state index is -0.290. The number of methoxy groups -OCH3 is 1. The van der Waals surface area contributed by atoms with Crippen LogP contribution in [0.4, 0.5) is 0 Å². The highest BCUT2D eigenvalue weighted by molar-refractivity contribution is 5.94. The molecule has 0 saturated carbocycles. The highest BCUT2D eigenvalue weighted by Gasteiger charge is 2.24. The van der Waals surface area contributed by atoms with Crippen molar-refractivity contribution in [3.8, 4) is 0 Å². The van der Waals surface area contributed by atoms with Crippen molar-refractivity contribution in [3.05, 3.63) is 24.3 Å². The van der Waals surface area contributed by atoms with E-state index in [-0.39, 0.29) is 24.1 Å². The second-order valence-electron chi connectivity index (χ2n) is 5.86. The summed E-state index contributed by atoms with van der Waals surface area (Å²) in [5.41, 5.74) is 0.251. The van der Waals surface area contributed by atoms with E-state index in [4.69, 9.17) is 4.74 Å². The molecule has 126 valence electrons. The minimum Gasteiger partial charge on any atom is -0.385 e. The molecule has 0 bridgehead atoms. The Labute approximate surface area is 136 Å². The lowest BCUT2D eigenvalue weighted by Crippen LogP contribution is -2.44. The number of likely N-dealkylation sites (tertiary alicyclic amines) is 1. The quantitative estimate of drug-likeness (QED) is 0.776. The molecule has 1 aliphatic rings. The lowest BCUT2D eigenvalue weighted by molar-refractivity contribution is -0.133. The number of amides is 2. The minimum absolute atomic E-state index is 0.0186. The van der Waals surface area contributed by atoms with Crippen LogP contribution in [0.2, 0.25) is 0 Å². The third kappa shape index (κ3) is 4.99. The van der Waals surface area contributed by atoms with Crippen LogP contribution < -0.4 is 0 Å². The van der Waals surface area contributed by atoms with Gasteiger partial charge in [0.25, 0.3) is 5.91 Å². The van der Waals surface area contributed by atoms with Crippen LogP contribution in [-0.2, 0) is 9.53 Å². The third-order valence-corrected chi connectivity index (χ3v) is 4.20. The fourth-order valence-electron chi connectivity index (χ4n) is 2.74. The van der Waals surface area contributed by atoms with Gasteiger partial charge in [-0.3, -0.25) is 14.6 Å². The predicted octanol–water partition coefficient (Wildman–Crippen LogP) is 0.824. The molecule has 0 aliphatic carbocycles. The zero-order chi connectivity index (χ0) is 16.7. The zero-order valence-corrected chi connectivity index (χ0v) is 13.8. The summed E-state index contributed by atoms with van der Waals surface area (Å²) >= 11 is 0. The fraction of sp³-hybridized carbons (Fsp3) is 0.625. The van der Waals surface area contributed by atoms with Crippen molar-refractivity contribution in [2.45, 2.75) is 19.3 Å². The first-order valence-electron chi connectivity index (χ1n) is 7.90. The van der Waals surface area contributed by atoms with E-state index >= 15 is 0 Å². The summed E-state index contributed by atoms with van der Waals surface area (Å²) in [6.45, 7) is 2.34. The van der Waals surface area contributed by atoms with Crippen LogP contribution in [0, 0.1) is 5.92 Å². The number of aromatic nitrogens is 2. The Morgan fingerprint density at radius 3 is 2.70 bits per heavy atom. The Kier molecular flexibility index (Phi) is 6.46. The number of piperidine rings is 1. The lowest BCUT2D eigenvalue weighted by atomic mass is 9.94. The Hall–Kier alpha value is -2.02. The van der Waals surface area contributed by atoms with Gasteiger partial charge in [0, 0.05) is 46.2 Å². The van der Waals surface area contributed by atoms with Gasteiger partial charge in [-0.05, 0) is 25.2 Å². The molecule has 2 amide bonds. The number of nitrogens with zero attached hydrogens (tertiary/aromatic N) is 4. The Morgan fingerprint density at radius 1 is 1.35 bits per heavy atom. The summed E-state index contributed by atoms with van der Waals surface area (Å²) in [4.78, 5) is 35.6. The molecule has 7 heteroatoms. The largest absolute Gasteiger partial charge is 0.385 e. The van der Waals surface area contributed by atoms with Crippen LogP contribution in [0.1, 0.15) is 29.8 Å². The first kappa shape index (κ1) is 17.3. The van der Waals surface area contributed by atoms with Crippen LogP contribution in [0.5, 0.6) is 0 Å². The Balaban J connectivity index is 1.79. The van der Waals surface area contributed by atoms with E-state index in [0.717, 1.165) is 39.0 Å². The second-order valence-corrected chi connectivity index (χ2v) is 5.86. The first-order chi connectivity index (χ1) is 11.1. The Morgan fingerprint density at radius 2 is 2.09 bits per heavy atom. The number of carbonyl (C=O) groups is 2. The molecule has 1 aromatic rings. The monoisotopic (exact) mass is 320 g/mol. The number of hydrogen-bond donors (Lipinski definition) is 0. The Bertz CT molecular complexity index is 515. The maximum absolute atomic E-state index is 12.3. The van der Waals surface area contributed by atoms with Crippen LogP contribution in [0.15, 0.2) is 18.6 Å². The van der Waals surface area contributed by atoms with Crippen molar-refractivity contribution in [1.29, 1.82) is 0 Å². The van der Waals surface area contributed by atoms with Crippen LogP contribution >= 0.6 is 0 Å². The molecule has 2 heterocycles. The van der Waals surface area contributed by atoms with Gasteiger partial charge in [-0.25, -0.2) is 4.98 Å². The van der Waals surface area contributed by atoms with E-state index < -0.39 is 0 Å². The van der Waals surface area contributed by atoms with Crippen LogP contribution in [0.25, 0.3) is 0 Å². The van der Waals surface area contributed by atoms with Gasteiger partial charge in [0.1, 0.15) is 5.69 Å². The lowest BCUT2D eigenvalue weighted by Gasteiger charge is -2.33. The summed E-state index contributed by atoms with van der Waals surface area (Å²) < 4.78 is 5.10. The molecule has 0 spiro atoms. The molecule has 1 aliphatic heterocycles. The second kappa shape index (κ2) is 8.57. The van der Waals surface area contributed by atoms with Crippen molar-refractivity contribution in [1.82, 2.24) is 19.8 Å². The molecule has 0 unspecified atom stereocenters. The topological polar surface area (TPSA) is 75.6 Å². The molecule has 1 saturated heterocycles. The van der Waals surface area contributed by atoms with E-state index in [2.05, 4.69) is 9.97 Å². The number of rotatable bonds is 6. The van der Waals surface area contributed by atoms with E-state index in [1.807, 2.05) is 4.90 Å². The van der Waals surface area contributed by atoms with Crippen molar-refractivity contribution >= 4 is 11.8 Å². The van der Waals surface area contributed by atoms with Crippen molar-refractivity contribution in [3.63, 3.8) is 0 Å². The van der Waals surface area contributed by atoms with Gasteiger partial charge in [-0.15, -0.1) is 0 Å². The molecule has 0 radical (unpaired) electrons. The number of hydrogen-bond acceptors (Lipinski definition) is 5. The van der Waals surface area contributed by atoms with Gasteiger partial charge >= 0.3 is 0 Å². The van der Waals surface area contributed by atoms with Gasteiger partial charge in [-0.1, -0.05) is 0 Å². The smallest absolute Gasteiger partial charge is 0.274 e. The van der Waals surface area contributed by atoms with Crippen molar-refractivity contribution in [2.75, 3.05) is 40.4 Å². The zero-order valence-electron chi connectivity index (χ0n) is 13.8. The molecular formula is C16H24N4O3. The standard InChI is InChI=1S/C16H24N4O3/c1-19(16(22)14-11-17-6-7-18-14)12-15(21)20-8-3-13(4-9-20)5-10-23-2/h6-7,11,13H,3-5,8-10,12H2,1-2H3. The molecular weight excluding hydrogens is 296 g/mol. The van der Waals surface area contributed by atoms with Crippen LogP contribution in [0.3, 0.4) is 0 Å². The van der Waals surface area contributed by atoms with Gasteiger partial charge in [0.15, 0.2) is 0 Å². The molecule has 0 aromatic carbocycles. The molecule has 1 fully saturated rings. The maximum Gasteiger partial charge on any atom is 0.274 e. The summed E-state index contributed by atoms with van der Waals surface area (Å²) in [5.74, 6) is 0.314. The van der Waals surface area contributed by atoms with Gasteiger partial charge < -0.3 is 14.5 Å². The normalized spacial score (nSPS) is 15.5. The molecule has 23 heavy (non-hydrogen) atoms. The average Bonchev–Trinajstić information content (AvgIpc) is 2.60. The highest BCUT2D eigenvalue weighted by atomic mass is 16.5. The van der Waals surface area contributed by atoms with Gasteiger partial charge in [0.2, 0.25) is 5.91 Å². The molecule has 2 rings (SSSR count). The van der Waals surface area contributed by atoms with Gasteiger partial charge in [0.05, 0.1) is 12.7 Å². The maximum atomic E-state index is 12.3. The van der Waals surface area contributed by atoms with Crippen molar-refractivity contribution in [2.24, 2.45) is 5.92 Å². The van der Waals surface area contributed by atoms with Gasteiger partial charge in [-0.2, -0.15) is 0 Å². The first-order valence-corrected chi connectivity index (χ1v) is 7.90. The summed E-state index contributed by atoms with van der Waals surface area (Å²) in [6, 6.07) is 0. The van der Waals surface area contributed by atoms with E-state index in [1.165, 1.54) is 23.5 Å². The fourth-order valence-corrected chi connectivity index (χ4v) is 2.74. The highest BCUT2D eigenvalue weighted by Crippen LogP contribution is 2.20. The predicted molar refractivity (Wildman–Crippen MR) is 84.8 cm³/mol.